The van der Waals surface area contributed by atoms with E-state index in [1.165, 1.54) is 0 Å². The Morgan fingerprint density at radius 1 is 1.25 bits per heavy atom. The molecule has 0 amide bonds. The molecule has 0 bridgehead atoms. The van der Waals surface area contributed by atoms with Crippen molar-refractivity contribution in [2.24, 2.45) is 7.05 Å². The van der Waals surface area contributed by atoms with Crippen molar-refractivity contribution < 1.29 is 0 Å². The number of pyridine rings is 1. The number of hydrogen-bond acceptors (Lipinski definition) is 3. The van der Waals surface area contributed by atoms with Crippen LogP contribution < -0.4 is 5.32 Å². The molecule has 2 aromatic heterocycles. The summed E-state index contributed by atoms with van der Waals surface area (Å²) in [6.45, 7) is 4.73. The fraction of sp³-hybridized carbons (Fsp3) is 0.333. The molecular formula is C12H16N4. The highest BCUT2D eigenvalue weighted by atomic mass is 15.3. The van der Waals surface area contributed by atoms with Crippen LogP contribution in [0.25, 0.3) is 0 Å². The Morgan fingerprint density at radius 2 is 2.06 bits per heavy atom. The Morgan fingerprint density at radius 3 is 2.69 bits per heavy atom. The van der Waals surface area contributed by atoms with Crippen LogP contribution in [0.4, 0.5) is 5.69 Å². The number of anilines is 1. The van der Waals surface area contributed by atoms with E-state index in [-0.39, 0.29) is 0 Å². The van der Waals surface area contributed by atoms with Gasteiger partial charge in [0.1, 0.15) is 0 Å². The summed E-state index contributed by atoms with van der Waals surface area (Å²) in [6.07, 6.45) is 1.94. The molecule has 2 aromatic rings. The molecule has 0 unspecified atom stereocenters. The van der Waals surface area contributed by atoms with E-state index < -0.39 is 0 Å². The molecule has 1 N–H and O–H groups in total. The molecule has 0 saturated carbocycles. The van der Waals surface area contributed by atoms with Crippen LogP contribution in [-0.4, -0.2) is 14.8 Å². The molecule has 0 aliphatic rings. The van der Waals surface area contributed by atoms with Gasteiger partial charge in [0.25, 0.3) is 0 Å². The van der Waals surface area contributed by atoms with Crippen LogP contribution in [0, 0.1) is 13.8 Å². The van der Waals surface area contributed by atoms with Gasteiger partial charge < -0.3 is 5.32 Å². The van der Waals surface area contributed by atoms with Crippen molar-refractivity contribution in [2.45, 2.75) is 20.4 Å². The monoisotopic (exact) mass is 216 g/mol. The normalized spacial score (nSPS) is 10.4. The standard InChI is InChI=1S/C12H16N4/c1-9-4-5-12(10(2)14-9)13-8-11-6-7-16(3)15-11/h4-7,13H,8H2,1-3H3. The predicted octanol–water partition coefficient (Wildman–Crippen LogP) is 2.04. The largest absolute Gasteiger partial charge is 0.378 e. The summed E-state index contributed by atoms with van der Waals surface area (Å²) in [5.74, 6) is 0. The zero-order valence-electron chi connectivity index (χ0n) is 9.86. The minimum Gasteiger partial charge on any atom is -0.378 e. The predicted molar refractivity (Wildman–Crippen MR) is 64.2 cm³/mol. The fourth-order valence-electron chi connectivity index (χ4n) is 1.62. The lowest BCUT2D eigenvalue weighted by atomic mass is 10.2. The number of hydrogen-bond donors (Lipinski definition) is 1. The Kier molecular flexibility index (Phi) is 2.90. The van der Waals surface area contributed by atoms with Crippen LogP contribution in [0.3, 0.4) is 0 Å². The second kappa shape index (κ2) is 4.35. The lowest BCUT2D eigenvalue weighted by molar-refractivity contribution is 0.747. The zero-order chi connectivity index (χ0) is 11.5. The first-order valence-corrected chi connectivity index (χ1v) is 5.32. The molecular weight excluding hydrogens is 200 g/mol. The minimum atomic E-state index is 0.729. The van der Waals surface area contributed by atoms with Crippen LogP contribution in [0.2, 0.25) is 0 Å². The van der Waals surface area contributed by atoms with E-state index in [1.54, 1.807) is 4.68 Å². The number of rotatable bonds is 3. The van der Waals surface area contributed by atoms with Crippen molar-refractivity contribution in [3.63, 3.8) is 0 Å². The van der Waals surface area contributed by atoms with Gasteiger partial charge in [-0.2, -0.15) is 5.10 Å². The van der Waals surface area contributed by atoms with E-state index in [2.05, 4.69) is 21.5 Å². The van der Waals surface area contributed by atoms with E-state index in [1.807, 2.05) is 39.2 Å². The Labute approximate surface area is 95.3 Å². The van der Waals surface area contributed by atoms with Crippen LogP contribution in [0.15, 0.2) is 24.4 Å². The van der Waals surface area contributed by atoms with E-state index in [0.717, 1.165) is 29.3 Å². The molecule has 0 spiro atoms. The summed E-state index contributed by atoms with van der Waals surface area (Å²) >= 11 is 0. The molecule has 0 fully saturated rings. The summed E-state index contributed by atoms with van der Waals surface area (Å²) in [5, 5.41) is 7.64. The highest BCUT2D eigenvalue weighted by molar-refractivity contribution is 5.47. The Bertz CT molecular complexity index is 488. The second-order valence-corrected chi connectivity index (χ2v) is 3.92. The number of nitrogens with zero attached hydrogens (tertiary/aromatic N) is 3. The van der Waals surface area contributed by atoms with Crippen molar-refractivity contribution in [3.8, 4) is 0 Å². The van der Waals surface area contributed by atoms with Crippen molar-refractivity contribution in [3.05, 3.63) is 41.5 Å². The van der Waals surface area contributed by atoms with Gasteiger partial charge in [-0.15, -0.1) is 0 Å². The fourth-order valence-corrected chi connectivity index (χ4v) is 1.62. The van der Waals surface area contributed by atoms with Crippen molar-refractivity contribution >= 4 is 5.69 Å². The van der Waals surface area contributed by atoms with Crippen LogP contribution in [0.1, 0.15) is 17.1 Å². The maximum atomic E-state index is 4.40. The number of aryl methyl sites for hydroxylation is 3. The topological polar surface area (TPSA) is 42.7 Å². The van der Waals surface area contributed by atoms with Gasteiger partial charge in [0.2, 0.25) is 0 Å². The Balaban J connectivity index is 2.04. The summed E-state index contributed by atoms with van der Waals surface area (Å²) in [7, 11) is 1.92. The molecule has 84 valence electrons. The number of nitrogens with one attached hydrogen (secondary N) is 1. The molecule has 0 aliphatic carbocycles. The van der Waals surface area contributed by atoms with Crippen LogP contribution >= 0.6 is 0 Å². The zero-order valence-corrected chi connectivity index (χ0v) is 9.86. The molecule has 0 saturated heterocycles. The number of aromatic nitrogens is 3. The highest BCUT2D eigenvalue weighted by Crippen LogP contribution is 2.13. The molecule has 4 heteroatoms. The second-order valence-electron chi connectivity index (χ2n) is 3.92. The van der Waals surface area contributed by atoms with Gasteiger partial charge in [-0.25, -0.2) is 0 Å². The van der Waals surface area contributed by atoms with Gasteiger partial charge in [-0.05, 0) is 32.0 Å². The smallest absolute Gasteiger partial charge is 0.0815 e. The van der Waals surface area contributed by atoms with Crippen LogP contribution in [-0.2, 0) is 13.6 Å². The highest BCUT2D eigenvalue weighted by Gasteiger charge is 2.01. The molecule has 0 atom stereocenters. The van der Waals surface area contributed by atoms with E-state index >= 15 is 0 Å². The van der Waals surface area contributed by atoms with Crippen LogP contribution in [0.5, 0.6) is 0 Å². The molecule has 2 heterocycles. The molecule has 16 heavy (non-hydrogen) atoms. The van der Waals surface area contributed by atoms with Gasteiger partial charge in [-0.3, -0.25) is 9.67 Å². The average molecular weight is 216 g/mol. The third-order valence-electron chi connectivity index (χ3n) is 2.45. The minimum absolute atomic E-state index is 0.729. The first-order valence-electron chi connectivity index (χ1n) is 5.32. The lowest BCUT2D eigenvalue weighted by Gasteiger charge is -2.07. The van der Waals surface area contributed by atoms with E-state index in [4.69, 9.17) is 0 Å². The van der Waals surface area contributed by atoms with Gasteiger partial charge in [0.05, 0.1) is 23.6 Å². The molecule has 4 nitrogen and oxygen atoms in total. The summed E-state index contributed by atoms with van der Waals surface area (Å²) in [5.41, 5.74) is 4.16. The van der Waals surface area contributed by atoms with Gasteiger partial charge in [-0.1, -0.05) is 0 Å². The van der Waals surface area contributed by atoms with E-state index in [0.29, 0.717) is 0 Å². The molecule has 0 aromatic carbocycles. The Hall–Kier alpha value is -1.84. The quantitative estimate of drug-likeness (QED) is 0.853. The maximum absolute atomic E-state index is 4.40. The summed E-state index contributed by atoms with van der Waals surface area (Å²) in [6, 6.07) is 6.07. The average Bonchev–Trinajstić information content (AvgIpc) is 2.63. The van der Waals surface area contributed by atoms with Crippen molar-refractivity contribution in [2.75, 3.05) is 5.32 Å². The summed E-state index contributed by atoms with van der Waals surface area (Å²) < 4.78 is 1.80. The maximum Gasteiger partial charge on any atom is 0.0815 e. The molecule has 0 aliphatic heterocycles. The molecule has 0 radical (unpaired) electrons. The van der Waals surface area contributed by atoms with Gasteiger partial charge in [0.15, 0.2) is 0 Å². The third-order valence-corrected chi connectivity index (χ3v) is 2.45. The SMILES string of the molecule is Cc1ccc(NCc2ccn(C)n2)c(C)n1. The van der Waals surface area contributed by atoms with Crippen molar-refractivity contribution in [1.29, 1.82) is 0 Å². The molecule has 2 rings (SSSR count). The first-order chi connectivity index (χ1) is 7.65. The van der Waals surface area contributed by atoms with E-state index in [9.17, 15) is 0 Å². The lowest BCUT2D eigenvalue weighted by Crippen LogP contribution is -2.03. The van der Waals surface area contributed by atoms with Crippen molar-refractivity contribution in [1.82, 2.24) is 14.8 Å². The van der Waals surface area contributed by atoms with Gasteiger partial charge >= 0.3 is 0 Å². The van der Waals surface area contributed by atoms with Gasteiger partial charge in [0, 0.05) is 18.9 Å². The first kappa shape index (κ1) is 10.7. The summed E-state index contributed by atoms with van der Waals surface area (Å²) in [4.78, 5) is 4.40. The third kappa shape index (κ3) is 2.39.